The number of halogens is 1. The lowest BCUT2D eigenvalue weighted by Crippen LogP contribution is -2.40. The number of ether oxygens (including phenoxy) is 1. The number of nitrogens with one attached hydrogen (secondary N) is 2. The lowest BCUT2D eigenvalue weighted by atomic mass is 10.2. The van der Waals surface area contributed by atoms with Crippen LogP contribution in [0.4, 0.5) is 5.69 Å². The van der Waals surface area contributed by atoms with Crippen molar-refractivity contribution in [1.29, 1.82) is 0 Å². The summed E-state index contributed by atoms with van der Waals surface area (Å²) in [6, 6.07) is 5.12. The smallest absolute Gasteiger partial charge is 0.242 e. The van der Waals surface area contributed by atoms with Crippen LogP contribution in [0.5, 0.6) is 5.75 Å². The molecular weight excluding hydrogens is 252 g/mol. The van der Waals surface area contributed by atoms with Crippen molar-refractivity contribution in [3.05, 3.63) is 23.2 Å². The van der Waals surface area contributed by atoms with Crippen LogP contribution in [0.15, 0.2) is 18.2 Å². The van der Waals surface area contributed by atoms with E-state index >= 15 is 0 Å². The summed E-state index contributed by atoms with van der Waals surface area (Å²) in [6.07, 6.45) is 0. The monoisotopic (exact) mass is 270 g/mol. The van der Waals surface area contributed by atoms with Gasteiger partial charge < -0.3 is 15.4 Å². The summed E-state index contributed by atoms with van der Waals surface area (Å²) in [5.41, 5.74) is 0.784. The van der Waals surface area contributed by atoms with Gasteiger partial charge in [0, 0.05) is 11.7 Å². The van der Waals surface area contributed by atoms with Crippen molar-refractivity contribution in [2.45, 2.75) is 32.9 Å². The zero-order valence-corrected chi connectivity index (χ0v) is 11.8. The van der Waals surface area contributed by atoms with Crippen LogP contribution >= 0.6 is 11.6 Å². The van der Waals surface area contributed by atoms with Crippen molar-refractivity contribution in [1.82, 2.24) is 5.32 Å². The van der Waals surface area contributed by atoms with Gasteiger partial charge in [0.25, 0.3) is 0 Å². The Morgan fingerprint density at radius 3 is 2.50 bits per heavy atom. The Labute approximate surface area is 113 Å². The second kappa shape index (κ2) is 6.50. The van der Waals surface area contributed by atoms with Crippen molar-refractivity contribution in [3.8, 4) is 5.75 Å². The molecule has 5 heteroatoms. The van der Waals surface area contributed by atoms with Gasteiger partial charge in [-0.3, -0.25) is 4.79 Å². The van der Waals surface area contributed by atoms with Crippen LogP contribution in [-0.4, -0.2) is 25.1 Å². The van der Waals surface area contributed by atoms with Gasteiger partial charge in [0.05, 0.1) is 12.1 Å². The fourth-order valence-electron chi connectivity index (χ4n) is 1.48. The molecule has 0 aromatic heterocycles. The molecule has 0 spiro atoms. The Balaban J connectivity index is 2.67. The molecule has 4 nitrogen and oxygen atoms in total. The topological polar surface area (TPSA) is 50.4 Å². The number of rotatable bonds is 5. The van der Waals surface area contributed by atoms with Crippen LogP contribution in [0.25, 0.3) is 0 Å². The van der Waals surface area contributed by atoms with E-state index in [2.05, 4.69) is 10.6 Å². The van der Waals surface area contributed by atoms with Crippen molar-refractivity contribution >= 4 is 23.2 Å². The van der Waals surface area contributed by atoms with E-state index < -0.39 is 0 Å². The van der Waals surface area contributed by atoms with Gasteiger partial charge in [-0.2, -0.15) is 0 Å². The van der Waals surface area contributed by atoms with Crippen molar-refractivity contribution in [2.75, 3.05) is 12.4 Å². The number of carbonyl (C=O) groups excluding carboxylic acids is 1. The first-order valence-corrected chi connectivity index (χ1v) is 6.22. The first-order chi connectivity index (χ1) is 8.43. The summed E-state index contributed by atoms with van der Waals surface area (Å²) in [5.74, 6) is 0.568. The molecule has 0 aliphatic heterocycles. The van der Waals surface area contributed by atoms with Gasteiger partial charge in [0.1, 0.15) is 11.8 Å². The van der Waals surface area contributed by atoms with Crippen LogP contribution < -0.4 is 15.4 Å². The minimum Gasteiger partial charge on any atom is -0.495 e. The van der Waals surface area contributed by atoms with E-state index in [0.717, 1.165) is 5.69 Å². The number of benzene rings is 1. The fourth-order valence-corrected chi connectivity index (χ4v) is 1.74. The highest BCUT2D eigenvalue weighted by atomic mass is 35.5. The predicted molar refractivity (Wildman–Crippen MR) is 74.4 cm³/mol. The van der Waals surface area contributed by atoms with Crippen LogP contribution in [0.2, 0.25) is 5.02 Å². The van der Waals surface area contributed by atoms with Gasteiger partial charge >= 0.3 is 0 Å². The molecule has 1 aromatic rings. The lowest BCUT2D eigenvalue weighted by molar-refractivity contribution is -0.122. The van der Waals surface area contributed by atoms with Crippen molar-refractivity contribution in [3.63, 3.8) is 0 Å². The van der Waals surface area contributed by atoms with Gasteiger partial charge in [-0.05, 0) is 39.0 Å². The summed E-state index contributed by atoms with van der Waals surface area (Å²) in [7, 11) is 1.56. The third-order valence-electron chi connectivity index (χ3n) is 2.36. The number of carbonyl (C=O) groups is 1. The SMILES string of the molecule is COc1ccc(NC(C)C(=O)NC(C)C)cc1Cl. The highest BCUT2D eigenvalue weighted by molar-refractivity contribution is 6.32. The fraction of sp³-hybridized carbons (Fsp3) is 0.462. The van der Waals surface area contributed by atoms with Crippen LogP contribution in [0.3, 0.4) is 0 Å². The molecular formula is C13H19ClN2O2. The second-order valence-electron chi connectivity index (χ2n) is 4.38. The normalized spacial score (nSPS) is 12.1. The van der Waals surface area contributed by atoms with Crippen molar-refractivity contribution < 1.29 is 9.53 Å². The molecule has 1 aromatic carbocycles. The molecule has 0 aliphatic carbocycles. The maximum absolute atomic E-state index is 11.7. The summed E-state index contributed by atoms with van der Waals surface area (Å²) in [5, 5.41) is 6.44. The molecule has 0 aliphatic rings. The third-order valence-corrected chi connectivity index (χ3v) is 2.65. The Morgan fingerprint density at radius 2 is 2.00 bits per heavy atom. The molecule has 1 amide bonds. The Kier molecular flexibility index (Phi) is 5.28. The zero-order valence-electron chi connectivity index (χ0n) is 11.1. The largest absolute Gasteiger partial charge is 0.495 e. The molecule has 1 rings (SSSR count). The van der Waals surface area contributed by atoms with E-state index in [1.165, 1.54) is 0 Å². The molecule has 0 fully saturated rings. The molecule has 100 valence electrons. The standard InChI is InChI=1S/C13H19ClN2O2/c1-8(2)15-13(17)9(3)16-10-5-6-12(18-4)11(14)7-10/h5-9,16H,1-4H3,(H,15,17). The Bertz CT molecular complexity index is 421. The maximum atomic E-state index is 11.7. The van der Waals surface area contributed by atoms with E-state index in [-0.39, 0.29) is 18.0 Å². The van der Waals surface area contributed by atoms with Crippen molar-refractivity contribution in [2.24, 2.45) is 0 Å². The van der Waals surface area contributed by atoms with E-state index in [1.807, 2.05) is 19.9 Å². The second-order valence-corrected chi connectivity index (χ2v) is 4.79. The number of hydrogen-bond donors (Lipinski definition) is 2. The Morgan fingerprint density at radius 1 is 1.33 bits per heavy atom. The average molecular weight is 271 g/mol. The average Bonchev–Trinajstić information content (AvgIpc) is 2.28. The van der Waals surface area contributed by atoms with Crippen LogP contribution in [0, 0.1) is 0 Å². The van der Waals surface area contributed by atoms with Gasteiger partial charge in [-0.1, -0.05) is 11.6 Å². The quantitative estimate of drug-likeness (QED) is 0.865. The molecule has 0 bridgehead atoms. The first kappa shape index (κ1) is 14.6. The molecule has 2 N–H and O–H groups in total. The van der Waals surface area contributed by atoms with Gasteiger partial charge in [0.2, 0.25) is 5.91 Å². The summed E-state index contributed by atoms with van der Waals surface area (Å²) >= 11 is 6.01. The molecule has 0 saturated carbocycles. The van der Waals surface area contributed by atoms with Crippen LogP contribution in [0.1, 0.15) is 20.8 Å². The first-order valence-electron chi connectivity index (χ1n) is 5.84. The number of amides is 1. The van der Waals surface area contributed by atoms with E-state index in [0.29, 0.717) is 10.8 Å². The minimum absolute atomic E-state index is 0.0445. The molecule has 18 heavy (non-hydrogen) atoms. The molecule has 0 heterocycles. The number of hydrogen-bond acceptors (Lipinski definition) is 3. The molecule has 0 saturated heterocycles. The van der Waals surface area contributed by atoms with E-state index in [4.69, 9.17) is 16.3 Å². The highest BCUT2D eigenvalue weighted by Crippen LogP contribution is 2.27. The maximum Gasteiger partial charge on any atom is 0.242 e. The molecule has 1 unspecified atom stereocenters. The minimum atomic E-state index is -0.322. The van der Waals surface area contributed by atoms with Gasteiger partial charge in [0.15, 0.2) is 0 Å². The summed E-state index contributed by atoms with van der Waals surface area (Å²) in [4.78, 5) is 11.7. The van der Waals surface area contributed by atoms with E-state index in [1.54, 1.807) is 26.2 Å². The third kappa shape index (κ3) is 4.11. The van der Waals surface area contributed by atoms with Gasteiger partial charge in [-0.25, -0.2) is 0 Å². The number of methoxy groups -OCH3 is 1. The highest BCUT2D eigenvalue weighted by Gasteiger charge is 2.13. The van der Waals surface area contributed by atoms with Gasteiger partial charge in [-0.15, -0.1) is 0 Å². The number of anilines is 1. The zero-order chi connectivity index (χ0) is 13.7. The Hall–Kier alpha value is -1.42. The molecule has 1 atom stereocenters. The lowest BCUT2D eigenvalue weighted by Gasteiger charge is -2.17. The summed E-state index contributed by atoms with van der Waals surface area (Å²) < 4.78 is 5.07. The summed E-state index contributed by atoms with van der Waals surface area (Å²) in [6.45, 7) is 5.65. The predicted octanol–water partition coefficient (Wildman–Crippen LogP) is 2.67. The molecule has 0 radical (unpaired) electrons. The van der Waals surface area contributed by atoms with Crippen LogP contribution in [-0.2, 0) is 4.79 Å². The van der Waals surface area contributed by atoms with E-state index in [9.17, 15) is 4.79 Å².